The molecule has 0 aliphatic carbocycles. The summed E-state index contributed by atoms with van der Waals surface area (Å²) in [7, 11) is 0. The zero-order valence-electron chi connectivity index (χ0n) is 11.4. The Hall–Kier alpha value is -1.64. The zero-order valence-corrected chi connectivity index (χ0v) is 11.4. The van der Waals surface area contributed by atoms with Gasteiger partial charge in [-0.1, -0.05) is 31.2 Å². The summed E-state index contributed by atoms with van der Waals surface area (Å²) in [5.74, 6) is -0.512. The van der Waals surface area contributed by atoms with Crippen molar-refractivity contribution in [3.63, 3.8) is 0 Å². The van der Waals surface area contributed by atoms with E-state index >= 15 is 0 Å². The highest BCUT2D eigenvalue weighted by molar-refractivity contribution is 5.79. The normalized spacial score (nSPS) is 13.8. The first-order chi connectivity index (χ1) is 8.41. The molecule has 0 aliphatic rings. The minimum atomic E-state index is -0.376. The third-order valence-corrected chi connectivity index (χ3v) is 3.26. The largest absolute Gasteiger partial charge is 0.462 e. The molecule has 1 aromatic rings. The number of esters is 1. The smallest absolute Gasteiger partial charge is 0.310 e. The summed E-state index contributed by atoms with van der Waals surface area (Å²) in [6, 6.07) is 7.71. The molecule has 98 valence electrons. The predicted octanol–water partition coefficient (Wildman–Crippen LogP) is 2.69. The van der Waals surface area contributed by atoms with Crippen LogP contribution in [0.4, 0.5) is 0 Å². The Balaban J connectivity index is 2.57. The van der Waals surface area contributed by atoms with E-state index in [4.69, 9.17) is 4.74 Å². The highest BCUT2D eigenvalue weighted by Crippen LogP contribution is 2.12. The summed E-state index contributed by atoms with van der Waals surface area (Å²) in [5, 5.41) is 0. The molecule has 0 radical (unpaired) electrons. The maximum Gasteiger partial charge on any atom is 0.310 e. The van der Waals surface area contributed by atoms with Gasteiger partial charge < -0.3 is 4.74 Å². The van der Waals surface area contributed by atoms with Crippen LogP contribution >= 0.6 is 0 Å². The van der Waals surface area contributed by atoms with Crippen LogP contribution in [-0.2, 0) is 20.7 Å². The van der Waals surface area contributed by atoms with Gasteiger partial charge in [-0.3, -0.25) is 9.59 Å². The van der Waals surface area contributed by atoms with Gasteiger partial charge >= 0.3 is 5.97 Å². The Morgan fingerprint density at radius 1 is 1.22 bits per heavy atom. The van der Waals surface area contributed by atoms with Crippen LogP contribution in [0.3, 0.4) is 0 Å². The first-order valence-corrected chi connectivity index (χ1v) is 6.16. The first kappa shape index (κ1) is 14.4. The molecule has 0 aromatic heterocycles. The van der Waals surface area contributed by atoms with Crippen LogP contribution in [0.5, 0.6) is 0 Å². The quantitative estimate of drug-likeness (QED) is 0.752. The number of hydrogen-bond donors (Lipinski definition) is 0. The van der Waals surface area contributed by atoms with Gasteiger partial charge in [0.1, 0.15) is 11.9 Å². The lowest BCUT2D eigenvalue weighted by Crippen LogP contribution is -2.27. The summed E-state index contributed by atoms with van der Waals surface area (Å²) < 4.78 is 5.27. The summed E-state index contributed by atoms with van der Waals surface area (Å²) in [4.78, 5) is 23.0. The van der Waals surface area contributed by atoms with E-state index in [0.717, 1.165) is 11.1 Å². The van der Waals surface area contributed by atoms with Gasteiger partial charge in [0.25, 0.3) is 0 Å². The van der Waals surface area contributed by atoms with Crippen molar-refractivity contribution in [1.82, 2.24) is 0 Å². The number of Topliss-reactive ketones (excluding diaryl/α,β-unsaturated/α-hetero) is 1. The van der Waals surface area contributed by atoms with Crippen molar-refractivity contribution in [2.24, 2.45) is 5.92 Å². The minimum absolute atomic E-state index is 0.0335. The highest BCUT2D eigenvalue weighted by atomic mass is 16.5. The lowest BCUT2D eigenvalue weighted by Gasteiger charge is -2.18. The fourth-order valence-corrected chi connectivity index (χ4v) is 1.65. The Bertz CT molecular complexity index is 437. The van der Waals surface area contributed by atoms with Crippen LogP contribution in [0.1, 0.15) is 31.9 Å². The predicted molar refractivity (Wildman–Crippen MR) is 70.3 cm³/mol. The Kier molecular flexibility index (Phi) is 5.08. The monoisotopic (exact) mass is 248 g/mol. The number of ether oxygens (including phenoxy) is 1. The van der Waals surface area contributed by atoms with Gasteiger partial charge in [-0.15, -0.1) is 0 Å². The standard InChI is InChI=1S/C15H20O3/c1-10-7-5-6-8-14(10)9-15(17)18-13(4)11(2)12(3)16/h5-8,11,13H,9H2,1-4H3/t11-,13-/m1/s1. The van der Waals surface area contributed by atoms with Crippen LogP contribution in [0, 0.1) is 12.8 Å². The van der Waals surface area contributed by atoms with Crippen LogP contribution in [0.25, 0.3) is 0 Å². The lowest BCUT2D eigenvalue weighted by molar-refractivity contribution is -0.151. The van der Waals surface area contributed by atoms with E-state index in [2.05, 4.69) is 0 Å². The molecule has 0 saturated carbocycles. The van der Waals surface area contributed by atoms with Crippen molar-refractivity contribution in [2.75, 3.05) is 0 Å². The van der Waals surface area contributed by atoms with Gasteiger partial charge in [-0.25, -0.2) is 0 Å². The number of aryl methyl sites for hydroxylation is 1. The molecule has 1 aromatic carbocycles. The fraction of sp³-hybridized carbons (Fsp3) is 0.467. The number of hydrogen-bond acceptors (Lipinski definition) is 3. The molecule has 3 heteroatoms. The Labute approximate surface area is 108 Å². The molecule has 0 saturated heterocycles. The molecular formula is C15H20O3. The second-order valence-electron chi connectivity index (χ2n) is 4.70. The van der Waals surface area contributed by atoms with Crippen LogP contribution in [0.15, 0.2) is 24.3 Å². The van der Waals surface area contributed by atoms with Gasteiger partial charge in [-0.2, -0.15) is 0 Å². The van der Waals surface area contributed by atoms with E-state index < -0.39 is 0 Å². The molecule has 0 fully saturated rings. The van der Waals surface area contributed by atoms with Crippen molar-refractivity contribution in [3.05, 3.63) is 35.4 Å². The van der Waals surface area contributed by atoms with Crippen LogP contribution in [-0.4, -0.2) is 17.9 Å². The number of ketones is 1. The summed E-state index contributed by atoms with van der Waals surface area (Å²) in [6.45, 7) is 7.00. The van der Waals surface area contributed by atoms with Crippen LogP contribution in [0.2, 0.25) is 0 Å². The maximum absolute atomic E-state index is 11.8. The number of benzene rings is 1. The molecule has 0 heterocycles. The second kappa shape index (κ2) is 6.34. The van der Waals surface area contributed by atoms with Crippen molar-refractivity contribution in [3.8, 4) is 0 Å². The topological polar surface area (TPSA) is 43.4 Å². The minimum Gasteiger partial charge on any atom is -0.462 e. The average molecular weight is 248 g/mol. The maximum atomic E-state index is 11.8. The Morgan fingerprint density at radius 3 is 2.39 bits per heavy atom. The fourth-order valence-electron chi connectivity index (χ4n) is 1.65. The van der Waals surface area contributed by atoms with Crippen LogP contribution < -0.4 is 0 Å². The van der Waals surface area contributed by atoms with E-state index in [9.17, 15) is 9.59 Å². The third kappa shape index (κ3) is 3.99. The number of carbonyl (C=O) groups excluding carboxylic acids is 2. The van der Waals surface area contributed by atoms with Gasteiger partial charge in [0.05, 0.1) is 12.3 Å². The second-order valence-corrected chi connectivity index (χ2v) is 4.70. The summed E-state index contributed by atoms with van der Waals surface area (Å²) in [5.41, 5.74) is 2.03. The SMILES string of the molecule is CC(=O)[C@@H](C)[C@@H](C)OC(=O)Cc1ccccc1C. The van der Waals surface area contributed by atoms with E-state index in [1.807, 2.05) is 31.2 Å². The molecule has 0 unspecified atom stereocenters. The lowest BCUT2D eigenvalue weighted by atomic mass is 10.0. The third-order valence-electron chi connectivity index (χ3n) is 3.26. The summed E-state index contributed by atoms with van der Waals surface area (Å²) >= 11 is 0. The summed E-state index contributed by atoms with van der Waals surface area (Å²) in [6.07, 6.45) is -0.124. The number of carbonyl (C=O) groups is 2. The van der Waals surface area contributed by atoms with Crippen molar-refractivity contribution < 1.29 is 14.3 Å². The Morgan fingerprint density at radius 2 is 1.83 bits per heavy atom. The molecule has 3 nitrogen and oxygen atoms in total. The highest BCUT2D eigenvalue weighted by Gasteiger charge is 2.20. The molecular weight excluding hydrogens is 228 g/mol. The molecule has 0 N–H and O–H groups in total. The number of rotatable bonds is 5. The zero-order chi connectivity index (χ0) is 13.7. The van der Waals surface area contributed by atoms with Crippen molar-refractivity contribution in [2.45, 2.75) is 40.2 Å². The van der Waals surface area contributed by atoms with E-state index in [1.54, 1.807) is 13.8 Å². The van der Waals surface area contributed by atoms with E-state index in [1.165, 1.54) is 6.92 Å². The van der Waals surface area contributed by atoms with Crippen molar-refractivity contribution in [1.29, 1.82) is 0 Å². The molecule has 0 aliphatic heterocycles. The van der Waals surface area contributed by atoms with E-state index in [-0.39, 0.29) is 30.2 Å². The molecule has 0 spiro atoms. The average Bonchev–Trinajstić information content (AvgIpc) is 2.30. The van der Waals surface area contributed by atoms with Gasteiger partial charge in [-0.05, 0) is 31.9 Å². The van der Waals surface area contributed by atoms with Gasteiger partial charge in [0, 0.05) is 0 Å². The molecule has 0 amide bonds. The molecule has 18 heavy (non-hydrogen) atoms. The molecule has 2 atom stereocenters. The van der Waals surface area contributed by atoms with Gasteiger partial charge in [0.15, 0.2) is 0 Å². The van der Waals surface area contributed by atoms with Crippen molar-refractivity contribution >= 4 is 11.8 Å². The molecule has 1 rings (SSSR count). The van der Waals surface area contributed by atoms with E-state index in [0.29, 0.717) is 0 Å². The molecule has 0 bridgehead atoms. The first-order valence-electron chi connectivity index (χ1n) is 6.16. The van der Waals surface area contributed by atoms with Gasteiger partial charge in [0.2, 0.25) is 0 Å².